The van der Waals surface area contributed by atoms with E-state index in [4.69, 9.17) is 28.4 Å². The summed E-state index contributed by atoms with van der Waals surface area (Å²) in [5, 5.41) is 2.67. The third kappa shape index (κ3) is 7.16. The minimum atomic E-state index is -0.821. The summed E-state index contributed by atoms with van der Waals surface area (Å²) in [4.78, 5) is 36.0. The third-order valence-electron chi connectivity index (χ3n) is 4.40. The van der Waals surface area contributed by atoms with Gasteiger partial charge >= 0.3 is 11.9 Å². The van der Waals surface area contributed by atoms with Crippen LogP contribution in [0.5, 0.6) is 28.7 Å². The minimum absolute atomic E-state index is 0.0390. The Morgan fingerprint density at radius 2 is 1.47 bits per heavy atom. The molecule has 182 valence electrons. The molecule has 2 aromatic rings. The molecule has 10 heteroatoms. The zero-order valence-corrected chi connectivity index (χ0v) is 19.6. The number of hydrogen-bond acceptors (Lipinski definition) is 9. The van der Waals surface area contributed by atoms with Crippen molar-refractivity contribution < 1.29 is 42.8 Å². The number of ether oxygens (including phenoxy) is 6. The number of amides is 1. The molecule has 0 radical (unpaired) electrons. The highest BCUT2D eigenvalue weighted by atomic mass is 16.6. The van der Waals surface area contributed by atoms with E-state index in [0.717, 1.165) is 0 Å². The van der Waals surface area contributed by atoms with E-state index in [1.54, 1.807) is 25.1 Å². The second-order valence-corrected chi connectivity index (χ2v) is 6.59. The predicted octanol–water partition coefficient (Wildman–Crippen LogP) is 3.23. The van der Waals surface area contributed by atoms with E-state index in [-0.39, 0.29) is 18.1 Å². The summed E-state index contributed by atoms with van der Waals surface area (Å²) in [5.74, 6) is -0.242. The predicted molar refractivity (Wildman–Crippen MR) is 124 cm³/mol. The van der Waals surface area contributed by atoms with Crippen LogP contribution in [0.2, 0.25) is 0 Å². The van der Waals surface area contributed by atoms with Gasteiger partial charge in [-0.05, 0) is 25.1 Å². The topological polar surface area (TPSA) is 119 Å². The van der Waals surface area contributed by atoms with Gasteiger partial charge in [-0.3, -0.25) is 14.4 Å². The minimum Gasteiger partial charge on any atom is -0.496 e. The van der Waals surface area contributed by atoms with E-state index < -0.39 is 24.3 Å². The van der Waals surface area contributed by atoms with Crippen molar-refractivity contribution in [3.05, 3.63) is 42.0 Å². The lowest BCUT2D eigenvalue weighted by atomic mass is 10.1. The van der Waals surface area contributed by atoms with E-state index in [9.17, 15) is 14.4 Å². The van der Waals surface area contributed by atoms with E-state index in [1.165, 1.54) is 52.7 Å². The van der Waals surface area contributed by atoms with E-state index >= 15 is 0 Å². The van der Waals surface area contributed by atoms with Crippen molar-refractivity contribution in [1.82, 2.24) is 0 Å². The number of methoxy groups -OCH3 is 4. The molecule has 2 rings (SSSR count). The van der Waals surface area contributed by atoms with Crippen LogP contribution in [0, 0.1) is 0 Å². The van der Waals surface area contributed by atoms with Crippen molar-refractivity contribution in [2.45, 2.75) is 13.3 Å². The Hall–Kier alpha value is -4.21. The van der Waals surface area contributed by atoms with Crippen LogP contribution >= 0.6 is 0 Å². The molecule has 0 atom stereocenters. The van der Waals surface area contributed by atoms with Gasteiger partial charge < -0.3 is 33.7 Å². The van der Waals surface area contributed by atoms with Crippen molar-refractivity contribution in [2.75, 3.05) is 40.4 Å². The Labute approximate surface area is 197 Å². The molecule has 1 amide bonds. The Kier molecular flexibility index (Phi) is 9.75. The van der Waals surface area contributed by atoms with Gasteiger partial charge in [0.1, 0.15) is 23.7 Å². The number of nitrogens with one attached hydrogen (secondary N) is 1. The van der Waals surface area contributed by atoms with Gasteiger partial charge in [0.15, 0.2) is 11.5 Å². The maximum absolute atomic E-state index is 12.5. The summed E-state index contributed by atoms with van der Waals surface area (Å²) in [6, 6.07) is 7.83. The van der Waals surface area contributed by atoms with Crippen molar-refractivity contribution in [3.63, 3.8) is 0 Å². The van der Waals surface area contributed by atoms with Crippen LogP contribution in [-0.2, 0) is 19.1 Å². The van der Waals surface area contributed by atoms with Crippen LogP contribution in [0.25, 0.3) is 6.08 Å². The Balaban J connectivity index is 2.17. The number of benzene rings is 2. The quantitative estimate of drug-likeness (QED) is 0.227. The van der Waals surface area contributed by atoms with Gasteiger partial charge in [0.05, 0.1) is 40.6 Å². The molecule has 34 heavy (non-hydrogen) atoms. The summed E-state index contributed by atoms with van der Waals surface area (Å²) >= 11 is 0. The van der Waals surface area contributed by atoms with Crippen LogP contribution in [0.1, 0.15) is 18.9 Å². The van der Waals surface area contributed by atoms with E-state index in [2.05, 4.69) is 5.32 Å². The molecular weight excluding hydrogens is 446 g/mol. The van der Waals surface area contributed by atoms with Gasteiger partial charge in [0.2, 0.25) is 5.91 Å². The maximum atomic E-state index is 12.5. The van der Waals surface area contributed by atoms with Crippen molar-refractivity contribution >= 4 is 29.6 Å². The number of hydrogen-bond donors (Lipinski definition) is 1. The molecule has 1 N–H and O–H groups in total. The fraction of sp³-hybridized carbons (Fsp3) is 0.292. The number of carbonyl (C=O) groups is 3. The molecule has 0 saturated carbocycles. The molecule has 0 aromatic heterocycles. The lowest BCUT2D eigenvalue weighted by Gasteiger charge is -2.13. The molecule has 0 spiro atoms. The molecule has 0 bridgehead atoms. The highest BCUT2D eigenvalue weighted by Crippen LogP contribution is 2.35. The Morgan fingerprint density at radius 3 is 2.03 bits per heavy atom. The second kappa shape index (κ2) is 12.7. The summed E-state index contributed by atoms with van der Waals surface area (Å²) in [6.45, 7) is 1.78. The normalized spacial score (nSPS) is 10.4. The fourth-order valence-electron chi connectivity index (χ4n) is 2.86. The number of anilines is 1. The van der Waals surface area contributed by atoms with Crippen LogP contribution in [0.3, 0.4) is 0 Å². The first-order valence-electron chi connectivity index (χ1n) is 10.2. The zero-order valence-electron chi connectivity index (χ0n) is 19.6. The lowest BCUT2D eigenvalue weighted by Crippen LogP contribution is -2.16. The zero-order chi connectivity index (χ0) is 25.1. The van der Waals surface area contributed by atoms with Gasteiger partial charge in [-0.2, -0.15) is 0 Å². The first-order chi connectivity index (χ1) is 16.3. The van der Waals surface area contributed by atoms with E-state index in [1.807, 2.05) is 0 Å². The van der Waals surface area contributed by atoms with Crippen molar-refractivity contribution in [1.29, 1.82) is 0 Å². The SMILES string of the molecule is CCOC(=O)CC(=O)Oc1cc(NC(=O)C=Cc2c(OC)cc(OC)cc2OC)ccc1OC. The van der Waals surface area contributed by atoms with Crippen LogP contribution < -0.4 is 29.0 Å². The standard InChI is InChI=1S/C24H27NO9/c1-6-33-23(27)14-24(28)34-21-11-15(7-9-18(21)30-3)25-22(26)10-8-17-19(31-4)12-16(29-2)13-20(17)32-5/h7-13H,6,14H2,1-5H3,(H,25,26). The number of carbonyl (C=O) groups excluding carboxylic acids is 3. The Bertz CT molecular complexity index is 1040. The highest BCUT2D eigenvalue weighted by molar-refractivity contribution is 6.02. The molecule has 0 fully saturated rings. The van der Waals surface area contributed by atoms with Gasteiger partial charge in [-0.15, -0.1) is 0 Å². The van der Waals surface area contributed by atoms with Gasteiger partial charge in [-0.25, -0.2) is 0 Å². The van der Waals surface area contributed by atoms with Crippen LogP contribution in [0.4, 0.5) is 5.69 Å². The molecule has 0 aliphatic carbocycles. The monoisotopic (exact) mass is 473 g/mol. The van der Waals surface area contributed by atoms with Gasteiger partial charge in [0, 0.05) is 30.0 Å². The highest BCUT2D eigenvalue weighted by Gasteiger charge is 2.16. The Morgan fingerprint density at radius 1 is 0.824 bits per heavy atom. The van der Waals surface area contributed by atoms with Crippen LogP contribution in [-0.4, -0.2) is 52.9 Å². The molecule has 0 saturated heterocycles. The first-order valence-corrected chi connectivity index (χ1v) is 10.2. The maximum Gasteiger partial charge on any atom is 0.322 e. The fourth-order valence-corrected chi connectivity index (χ4v) is 2.86. The molecule has 0 aliphatic rings. The van der Waals surface area contributed by atoms with Gasteiger partial charge in [-0.1, -0.05) is 0 Å². The average molecular weight is 473 g/mol. The van der Waals surface area contributed by atoms with Gasteiger partial charge in [0.25, 0.3) is 0 Å². The lowest BCUT2D eigenvalue weighted by molar-refractivity contribution is -0.149. The van der Waals surface area contributed by atoms with Crippen molar-refractivity contribution in [2.24, 2.45) is 0 Å². The van der Waals surface area contributed by atoms with Crippen molar-refractivity contribution in [3.8, 4) is 28.7 Å². The first kappa shape index (κ1) is 26.0. The van der Waals surface area contributed by atoms with E-state index in [0.29, 0.717) is 28.5 Å². The summed E-state index contributed by atoms with van der Waals surface area (Å²) in [7, 11) is 5.91. The second-order valence-electron chi connectivity index (χ2n) is 6.59. The largest absolute Gasteiger partial charge is 0.496 e. The summed E-state index contributed by atoms with van der Waals surface area (Å²) in [6.07, 6.45) is 2.28. The molecule has 2 aromatic carbocycles. The summed E-state index contributed by atoms with van der Waals surface area (Å²) < 4.78 is 31.1. The average Bonchev–Trinajstić information content (AvgIpc) is 2.82. The molecular formula is C24H27NO9. The molecule has 0 heterocycles. The smallest absolute Gasteiger partial charge is 0.322 e. The molecule has 10 nitrogen and oxygen atoms in total. The number of rotatable bonds is 11. The summed E-state index contributed by atoms with van der Waals surface area (Å²) in [5.41, 5.74) is 0.882. The van der Waals surface area contributed by atoms with Crippen LogP contribution in [0.15, 0.2) is 36.4 Å². The molecule has 0 aliphatic heterocycles. The number of esters is 2. The third-order valence-corrected chi connectivity index (χ3v) is 4.40. The molecule has 0 unspecified atom stereocenters.